The summed E-state index contributed by atoms with van der Waals surface area (Å²) in [6.45, 7) is 1.54. The summed E-state index contributed by atoms with van der Waals surface area (Å²) in [6.07, 6.45) is 5.82. The number of benzene rings is 2. The van der Waals surface area contributed by atoms with Gasteiger partial charge in [0.2, 0.25) is 5.91 Å². The van der Waals surface area contributed by atoms with Gasteiger partial charge in [0, 0.05) is 17.3 Å². The van der Waals surface area contributed by atoms with Crippen molar-refractivity contribution in [3.63, 3.8) is 0 Å². The minimum atomic E-state index is -1.11. The number of anilines is 2. The third-order valence-electron chi connectivity index (χ3n) is 5.10. The quantitative estimate of drug-likeness (QED) is 0.328. The van der Waals surface area contributed by atoms with Gasteiger partial charge in [-0.15, -0.1) is 0 Å². The number of carboxylic acids is 1. The molecule has 8 heteroatoms. The zero-order chi connectivity index (χ0) is 22.5. The molecule has 2 bridgehead atoms. The number of aromatic carboxylic acids is 1. The highest BCUT2D eigenvalue weighted by Gasteiger charge is 2.25. The van der Waals surface area contributed by atoms with Crippen LogP contribution >= 0.6 is 0 Å². The molecule has 2 aromatic carbocycles. The molecule has 2 aromatic rings. The molecule has 8 nitrogen and oxygen atoms in total. The molecular weight excluding hydrogens is 400 g/mol. The maximum Gasteiger partial charge on any atom is 0.337 e. The third-order valence-corrected chi connectivity index (χ3v) is 5.10. The lowest BCUT2D eigenvalue weighted by Crippen LogP contribution is -2.29. The lowest BCUT2D eigenvalue weighted by atomic mass is 9.99. The minimum absolute atomic E-state index is 0.00965. The fraction of sp³-hybridized carbons (Fsp3) is 0.217. The molecular formula is C23H24N2O6. The Hall–Kier alpha value is -3.78. The standard InChI is InChI=1S/C23H24N2O6/c1-13-20(27)10-4-2-3-8-18(24-17-9-6-5-7-15(17)23(30)31)16-11-14(26)12-19(21(16)28)25-22(13)29/h2-7,9-13,18,20,24,26-28H,8H2,1H3,(H,25,29)(H,30,31)/b3-2-,10-4-/t13-,18+,20-/m1/s1. The molecule has 0 unspecified atom stereocenters. The Morgan fingerprint density at radius 2 is 1.90 bits per heavy atom. The van der Waals surface area contributed by atoms with Gasteiger partial charge in [0.05, 0.1) is 29.3 Å². The van der Waals surface area contributed by atoms with E-state index in [1.54, 1.807) is 43.4 Å². The van der Waals surface area contributed by atoms with Crippen LogP contribution in [0.15, 0.2) is 60.7 Å². The van der Waals surface area contributed by atoms with Crippen LogP contribution < -0.4 is 10.6 Å². The van der Waals surface area contributed by atoms with Crippen LogP contribution in [0.2, 0.25) is 0 Å². The second-order valence-electron chi connectivity index (χ2n) is 7.30. The summed E-state index contributed by atoms with van der Waals surface area (Å²) in [4.78, 5) is 24.1. The van der Waals surface area contributed by atoms with Gasteiger partial charge in [-0.25, -0.2) is 4.79 Å². The highest BCUT2D eigenvalue weighted by atomic mass is 16.4. The molecule has 1 heterocycles. The highest BCUT2D eigenvalue weighted by molar-refractivity contribution is 5.95. The molecule has 0 fully saturated rings. The zero-order valence-electron chi connectivity index (χ0n) is 16.8. The predicted molar refractivity (Wildman–Crippen MR) is 116 cm³/mol. The Kier molecular flexibility index (Phi) is 6.61. The van der Waals surface area contributed by atoms with E-state index in [-0.39, 0.29) is 28.3 Å². The number of rotatable bonds is 3. The van der Waals surface area contributed by atoms with Gasteiger partial charge in [0.25, 0.3) is 0 Å². The summed E-state index contributed by atoms with van der Waals surface area (Å²) >= 11 is 0. The van der Waals surface area contributed by atoms with Crippen LogP contribution in [0.5, 0.6) is 11.5 Å². The Balaban J connectivity index is 2.09. The molecule has 1 aliphatic rings. The molecule has 0 saturated carbocycles. The first-order valence-electron chi connectivity index (χ1n) is 9.75. The van der Waals surface area contributed by atoms with E-state index in [1.165, 1.54) is 24.3 Å². The van der Waals surface area contributed by atoms with Crippen molar-refractivity contribution >= 4 is 23.3 Å². The lowest BCUT2D eigenvalue weighted by molar-refractivity contribution is -0.121. The van der Waals surface area contributed by atoms with Gasteiger partial charge in [0.1, 0.15) is 11.5 Å². The van der Waals surface area contributed by atoms with Crippen molar-refractivity contribution in [1.29, 1.82) is 0 Å². The van der Waals surface area contributed by atoms with Gasteiger partial charge in [-0.05, 0) is 24.6 Å². The van der Waals surface area contributed by atoms with Gasteiger partial charge < -0.3 is 31.1 Å². The Labute approximate surface area is 179 Å². The summed E-state index contributed by atoms with van der Waals surface area (Å²) in [6, 6.07) is 8.29. The number of nitrogens with one attached hydrogen (secondary N) is 2. The predicted octanol–water partition coefficient (Wildman–Crippen LogP) is 3.40. The number of carbonyl (C=O) groups is 2. The molecule has 1 aliphatic heterocycles. The molecule has 0 saturated heterocycles. The van der Waals surface area contributed by atoms with Crippen molar-refractivity contribution in [3.8, 4) is 11.5 Å². The Morgan fingerprint density at radius 1 is 1.16 bits per heavy atom. The van der Waals surface area contributed by atoms with E-state index in [0.717, 1.165) is 0 Å². The lowest BCUT2D eigenvalue weighted by Gasteiger charge is -2.23. The number of amides is 1. The van der Waals surface area contributed by atoms with Crippen LogP contribution in [0.25, 0.3) is 0 Å². The average Bonchev–Trinajstić information content (AvgIpc) is 2.74. The second-order valence-corrected chi connectivity index (χ2v) is 7.30. The maximum absolute atomic E-state index is 12.5. The fourth-order valence-electron chi connectivity index (χ4n) is 3.29. The van der Waals surface area contributed by atoms with Gasteiger partial charge in [0.15, 0.2) is 0 Å². The van der Waals surface area contributed by atoms with Gasteiger partial charge >= 0.3 is 5.97 Å². The molecule has 0 aliphatic carbocycles. The number of phenols is 2. The molecule has 1 amide bonds. The van der Waals surface area contributed by atoms with Crippen molar-refractivity contribution in [1.82, 2.24) is 0 Å². The average molecular weight is 424 g/mol. The first kappa shape index (κ1) is 21.9. The number of allylic oxidation sites excluding steroid dienone is 2. The number of aliphatic hydroxyl groups is 1. The number of aromatic hydroxyl groups is 2. The second kappa shape index (κ2) is 9.36. The van der Waals surface area contributed by atoms with Crippen molar-refractivity contribution in [2.75, 3.05) is 10.6 Å². The van der Waals surface area contributed by atoms with Crippen LogP contribution in [0.1, 0.15) is 35.3 Å². The first-order chi connectivity index (χ1) is 14.8. The number of para-hydroxylation sites is 1. The van der Waals surface area contributed by atoms with Crippen LogP contribution in [0.4, 0.5) is 11.4 Å². The SMILES string of the molecule is C[C@H]1C(=O)Nc2cc(O)cc(c2O)[C@@H](Nc2ccccc2C(=O)O)C/C=C\C=C/[C@H]1O. The Bertz CT molecular complexity index is 1050. The number of hydrogen-bond acceptors (Lipinski definition) is 6. The van der Waals surface area contributed by atoms with Crippen LogP contribution in [0.3, 0.4) is 0 Å². The smallest absolute Gasteiger partial charge is 0.337 e. The van der Waals surface area contributed by atoms with Crippen LogP contribution in [-0.2, 0) is 4.79 Å². The topological polar surface area (TPSA) is 139 Å². The minimum Gasteiger partial charge on any atom is -0.508 e. The third kappa shape index (κ3) is 5.04. The van der Waals surface area contributed by atoms with Crippen LogP contribution in [0, 0.1) is 5.92 Å². The molecule has 3 atom stereocenters. The van der Waals surface area contributed by atoms with E-state index in [9.17, 15) is 30.0 Å². The number of carboxylic acid groups (broad SMARTS) is 1. The number of phenolic OH excluding ortho intramolecular Hbond substituents is 2. The first-order valence-corrected chi connectivity index (χ1v) is 9.75. The molecule has 162 valence electrons. The normalized spacial score (nSPS) is 23.4. The van der Waals surface area contributed by atoms with Crippen LogP contribution in [-0.4, -0.2) is 38.4 Å². The van der Waals surface area contributed by atoms with Crippen molar-refractivity contribution in [2.24, 2.45) is 5.92 Å². The van der Waals surface area contributed by atoms with E-state index >= 15 is 0 Å². The van der Waals surface area contributed by atoms with Gasteiger partial charge in [-0.1, -0.05) is 43.4 Å². The zero-order valence-corrected chi connectivity index (χ0v) is 16.8. The summed E-state index contributed by atoms with van der Waals surface area (Å²) in [5.74, 6) is -2.90. The molecule has 6 N–H and O–H groups in total. The summed E-state index contributed by atoms with van der Waals surface area (Å²) in [7, 11) is 0. The van der Waals surface area contributed by atoms with Gasteiger partial charge in [-0.3, -0.25) is 4.79 Å². The number of carbonyl (C=O) groups excluding carboxylic acids is 1. The largest absolute Gasteiger partial charge is 0.508 e. The summed E-state index contributed by atoms with van der Waals surface area (Å²) < 4.78 is 0. The number of aliphatic hydroxyl groups excluding tert-OH is 1. The van der Waals surface area contributed by atoms with E-state index < -0.39 is 29.9 Å². The Morgan fingerprint density at radius 3 is 2.65 bits per heavy atom. The monoisotopic (exact) mass is 424 g/mol. The van der Waals surface area contributed by atoms with E-state index in [0.29, 0.717) is 12.1 Å². The van der Waals surface area contributed by atoms with Crippen molar-refractivity contribution < 1.29 is 30.0 Å². The maximum atomic E-state index is 12.5. The number of fused-ring (bicyclic) bond motifs is 2. The molecule has 0 radical (unpaired) electrons. The fourth-order valence-corrected chi connectivity index (χ4v) is 3.29. The van der Waals surface area contributed by atoms with Gasteiger partial charge in [-0.2, -0.15) is 0 Å². The highest BCUT2D eigenvalue weighted by Crippen LogP contribution is 2.39. The van der Waals surface area contributed by atoms with E-state index in [2.05, 4.69) is 10.6 Å². The van der Waals surface area contributed by atoms with E-state index in [1.807, 2.05) is 0 Å². The molecule has 31 heavy (non-hydrogen) atoms. The van der Waals surface area contributed by atoms with Crippen molar-refractivity contribution in [2.45, 2.75) is 25.5 Å². The summed E-state index contributed by atoms with van der Waals surface area (Å²) in [5, 5.41) is 46.3. The summed E-state index contributed by atoms with van der Waals surface area (Å²) in [5.41, 5.74) is 0.659. The molecule has 0 spiro atoms. The number of hydrogen-bond donors (Lipinski definition) is 6. The molecule has 0 aromatic heterocycles. The molecule has 3 rings (SSSR count). The van der Waals surface area contributed by atoms with E-state index in [4.69, 9.17) is 0 Å². The van der Waals surface area contributed by atoms with Crippen molar-refractivity contribution in [3.05, 3.63) is 71.8 Å².